The summed E-state index contributed by atoms with van der Waals surface area (Å²) in [5.74, 6) is -1.08. The van der Waals surface area contributed by atoms with Crippen molar-refractivity contribution in [1.29, 1.82) is 0 Å². The minimum absolute atomic E-state index is 0.109. The zero-order valence-corrected chi connectivity index (χ0v) is 17.4. The molecule has 3 heterocycles. The van der Waals surface area contributed by atoms with Gasteiger partial charge in [0, 0.05) is 18.0 Å². The van der Waals surface area contributed by atoms with E-state index >= 15 is 0 Å². The van der Waals surface area contributed by atoms with E-state index in [1.165, 1.54) is 16.8 Å². The van der Waals surface area contributed by atoms with Gasteiger partial charge in [-0.3, -0.25) is 14.3 Å². The van der Waals surface area contributed by atoms with E-state index in [-0.39, 0.29) is 23.5 Å². The van der Waals surface area contributed by atoms with Crippen molar-refractivity contribution in [3.8, 4) is 11.5 Å². The molecule has 1 N–H and O–H groups in total. The maximum Gasteiger partial charge on any atom is 0.276 e. The van der Waals surface area contributed by atoms with Gasteiger partial charge in [-0.1, -0.05) is 30.3 Å². The van der Waals surface area contributed by atoms with E-state index in [2.05, 4.69) is 5.10 Å². The van der Waals surface area contributed by atoms with Crippen LogP contribution in [0.4, 0.5) is 4.39 Å². The molecule has 0 saturated carbocycles. The van der Waals surface area contributed by atoms with Crippen LogP contribution in [0.3, 0.4) is 0 Å². The highest BCUT2D eigenvalue weighted by molar-refractivity contribution is 5.96. The number of para-hydroxylation sites is 1. The molecule has 32 heavy (non-hydrogen) atoms. The highest BCUT2D eigenvalue weighted by atomic mass is 19.1. The van der Waals surface area contributed by atoms with Crippen molar-refractivity contribution < 1.29 is 19.0 Å². The number of halogens is 1. The Kier molecular flexibility index (Phi) is 4.92. The minimum atomic E-state index is -0.698. The van der Waals surface area contributed by atoms with Crippen molar-refractivity contribution in [2.45, 2.75) is 30.8 Å². The number of carbonyl (C=O) groups excluding carboxylic acids is 1. The van der Waals surface area contributed by atoms with Crippen LogP contribution >= 0.6 is 0 Å². The van der Waals surface area contributed by atoms with Crippen LogP contribution in [-0.4, -0.2) is 45.4 Å². The maximum absolute atomic E-state index is 13.8. The van der Waals surface area contributed by atoms with E-state index in [4.69, 9.17) is 4.74 Å². The summed E-state index contributed by atoms with van der Waals surface area (Å²) in [7, 11) is 1.59. The fourth-order valence-corrected chi connectivity index (χ4v) is 5.10. The molecule has 2 aliphatic heterocycles. The van der Waals surface area contributed by atoms with Crippen molar-refractivity contribution in [1.82, 2.24) is 14.7 Å². The number of nitrogens with zero attached hydrogens (tertiary/aromatic N) is 3. The predicted molar refractivity (Wildman–Crippen MR) is 114 cm³/mol. The molecule has 3 atom stereocenters. The number of benzene rings is 2. The molecule has 0 bridgehead atoms. The predicted octanol–water partition coefficient (Wildman–Crippen LogP) is 3.09. The van der Waals surface area contributed by atoms with Crippen molar-refractivity contribution in [3.63, 3.8) is 0 Å². The Morgan fingerprint density at radius 3 is 2.66 bits per heavy atom. The Hall–Kier alpha value is -3.68. The number of amides is 1. The zero-order chi connectivity index (χ0) is 22.4. The summed E-state index contributed by atoms with van der Waals surface area (Å²) in [5, 5.41) is 14.8. The van der Waals surface area contributed by atoms with Crippen LogP contribution in [0, 0.1) is 5.82 Å². The van der Waals surface area contributed by atoms with E-state index in [1.54, 1.807) is 24.1 Å². The van der Waals surface area contributed by atoms with Gasteiger partial charge in [0.25, 0.3) is 5.91 Å². The molecular weight excluding hydrogens is 413 g/mol. The third-order valence-corrected chi connectivity index (χ3v) is 6.47. The second-order valence-corrected chi connectivity index (χ2v) is 8.12. The molecule has 1 saturated heterocycles. The molecule has 1 fully saturated rings. The minimum Gasteiger partial charge on any atom is -0.502 e. The molecule has 2 aliphatic rings. The molecule has 0 aliphatic carbocycles. The van der Waals surface area contributed by atoms with E-state index in [0.29, 0.717) is 12.3 Å². The first kappa shape index (κ1) is 20.2. The summed E-state index contributed by atoms with van der Waals surface area (Å²) in [4.78, 5) is 27.0. The lowest BCUT2D eigenvalue weighted by Gasteiger charge is -2.42. The largest absolute Gasteiger partial charge is 0.502 e. The van der Waals surface area contributed by atoms with Gasteiger partial charge in [0.05, 0.1) is 25.4 Å². The molecule has 0 spiro atoms. The summed E-state index contributed by atoms with van der Waals surface area (Å²) in [5.41, 5.74) is 0.853. The number of carbonyl (C=O) groups is 1. The van der Waals surface area contributed by atoms with Gasteiger partial charge in [-0.2, -0.15) is 5.10 Å². The van der Waals surface area contributed by atoms with E-state index in [1.807, 2.05) is 24.3 Å². The molecule has 0 unspecified atom stereocenters. The van der Waals surface area contributed by atoms with Crippen LogP contribution in [0.25, 0.3) is 0 Å². The number of aromatic hydroxyl groups is 1. The second-order valence-electron chi connectivity index (χ2n) is 8.12. The van der Waals surface area contributed by atoms with Crippen molar-refractivity contribution in [3.05, 3.63) is 87.6 Å². The monoisotopic (exact) mass is 435 g/mol. The first-order valence-corrected chi connectivity index (χ1v) is 10.5. The van der Waals surface area contributed by atoms with E-state index < -0.39 is 23.1 Å². The summed E-state index contributed by atoms with van der Waals surface area (Å²) >= 11 is 0. The summed E-state index contributed by atoms with van der Waals surface area (Å²) < 4.78 is 20.9. The number of methoxy groups -OCH3 is 1. The smallest absolute Gasteiger partial charge is 0.276 e. The lowest BCUT2D eigenvalue weighted by molar-refractivity contribution is 0.0564. The van der Waals surface area contributed by atoms with Crippen LogP contribution in [0.1, 0.15) is 46.4 Å². The highest BCUT2D eigenvalue weighted by Gasteiger charge is 2.48. The summed E-state index contributed by atoms with van der Waals surface area (Å²) in [6, 6.07) is 13.1. The number of rotatable bonds is 4. The molecule has 3 aromatic rings. The van der Waals surface area contributed by atoms with E-state index in [0.717, 1.165) is 30.2 Å². The molecule has 2 aromatic carbocycles. The number of hydrogen-bond acceptors (Lipinski definition) is 5. The Morgan fingerprint density at radius 2 is 1.91 bits per heavy atom. The van der Waals surface area contributed by atoms with E-state index in [9.17, 15) is 19.1 Å². The molecule has 1 aromatic heterocycles. The third-order valence-electron chi connectivity index (χ3n) is 6.47. The molecule has 5 rings (SSSR count). The molecule has 1 amide bonds. The van der Waals surface area contributed by atoms with Gasteiger partial charge in [-0.25, -0.2) is 4.39 Å². The topological polar surface area (TPSA) is 84.7 Å². The van der Waals surface area contributed by atoms with Crippen LogP contribution in [0.5, 0.6) is 11.5 Å². The Bertz CT molecular complexity index is 1240. The Morgan fingerprint density at radius 1 is 1.16 bits per heavy atom. The lowest BCUT2D eigenvalue weighted by atomic mass is 9.79. The summed E-state index contributed by atoms with van der Waals surface area (Å²) in [6.45, 7) is 0.532. The SMILES string of the molecule is COc1ccccc1[C@@H](c1ccc(F)cc1)[C@H]1[C@H]2CCCN2C(=O)c2c(O)c(=O)cnn21. The van der Waals surface area contributed by atoms with Gasteiger partial charge in [0.15, 0.2) is 11.4 Å². The fourth-order valence-electron chi connectivity index (χ4n) is 5.10. The van der Waals surface area contributed by atoms with Gasteiger partial charge in [-0.05, 0) is 36.6 Å². The van der Waals surface area contributed by atoms with Crippen LogP contribution < -0.4 is 10.2 Å². The third kappa shape index (κ3) is 3.05. The maximum atomic E-state index is 13.8. The Labute approximate surface area is 183 Å². The number of ether oxygens (including phenoxy) is 1. The molecule has 7 nitrogen and oxygen atoms in total. The molecule has 164 valence electrons. The van der Waals surface area contributed by atoms with Gasteiger partial charge < -0.3 is 14.7 Å². The lowest BCUT2D eigenvalue weighted by Crippen LogP contribution is -2.50. The van der Waals surface area contributed by atoms with Crippen LogP contribution in [0.15, 0.2) is 59.5 Å². The molecule has 0 radical (unpaired) electrons. The Balaban J connectivity index is 1.80. The number of aromatic nitrogens is 2. The second kappa shape index (κ2) is 7.78. The standard InChI is InChI=1S/C24H22FN3O4/c1-32-19-7-3-2-5-16(19)20(14-8-10-15(25)11-9-14)21-17-6-4-12-27(17)24(31)22-23(30)18(29)13-26-28(21)22/h2-3,5,7-11,13,17,20-21,30H,4,6,12H2,1H3/t17-,20-,21-/m1/s1. The van der Waals surface area contributed by atoms with Gasteiger partial charge >= 0.3 is 0 Å². The number of hydrogen-bond donors (Lipinski definition) is 1. The molecule has 8 heteroatoms. The fraction of sp³-hybridized carbons (Fsp3) is 0.292. The number of fused-ring (bicyclic) bond motifs is 2. The normalized spacial score (nSPS) is 20.6. The highest BCUT2D eigenvalue weighted by Crippen LogP contribution is 2.47. The van der Waals surface area contributed by atoms with Crippen LogP contribution in [0.2, 0.25) is 0 Å². The van der Waals surface area contributed by atoms with Crippen molar-refractivity contribution in [2.24, 2.45) is 0 Å². The van der Waals surface area contributed by atoms with Crippen molar-refractivity contribution >= 4 is 5.91 Å². The summed E-state index contributed by atoms with van der Waals surface area (Å²) in [6.07, 6.45) is 2.58. The average molecular weight is 435 g/mol. The van der Waals surface area contributed by atoms with Crippen molar-refractivity contribution in [2.75, 3.05) is 13.7 Å². The first-order valence-electron chi connectivity index (χ1n) is 10.5. The van der Waals surface area contributed by atoms with Gasteiger partial charge in [-0.15, -0.1) is 0 Å². The molecular formula is C24H22FN3O4. The van der Waals surface area contributed by atoms with Gasteiger partial charge in [0.2, 0.25) is 5.43 Å². The first-order chi connectivity index (χ1) is 15.5. The average Bonchev–Trinajstić information content (AvgIpc) is 3.30. The van der Waals surface area contributed by atoms with Crippen LogP contribution in [-0.2, 0) is 0 Å². The zero-order valence-electron chi connectivity index (χ0n) is 17.4. The quantitative estimate of drug-likeness (QED) is 0.681. The van der Waals surface area contributed by atoms with Gasteiger partial charge in [0.1, 0.15) is 11.6 Å².